The zero-order chi connectivity index (χ0) is 7.68. The smallest absolute Gasteiger partial charge is 0.136 e. The van der Waals surface area contributed by atoms with Gasteiger partial charge in [0.25, 0.3) is 0 Å². The van der Waals surface area contributed by atoms with Crippen molar-refractivity contribution >= 4 is 18.3 Å². The van der Waals surface area contributed by atoms with Crippen molar-refractivity contribution in [3.8, 4) is 0 Å². The SMILES string of the molecule is SCc1cnc2ccccn12. The molecule has 0 aromatic carbocycles. The molecule has 2 aromatic heterocycles. The number of imidazole rings is 1. The quantitative estimate of drug-likeness (QED) is 0.636. The van der Waals surface area contributed by atoms with Crippen LogP contribution in [0.25, 0.3) is 5.65 Å². The fourth-order valence-electron chi connectivity index (χ4n) is 1.10. The van der Waals surface area contributed by atoms with Gasteiger partial charge in [-0.3, -0.25) is 0 Å². The van der Waals surface area contributed by atoms with Crippen LogP contribution < -0.4 is 0 Å². The van der Waals surface area contributed by atoms with Gasteiger partial charge in [0, 0.05) is 11.9 Å². The molecular weight excluding hydrogens is 156 g/mol. The first-order valence-corrected chi connectivity index (χ1v) is 4.07. The molecule has 0 bridgehead atoms. The predicted molar refractivity (Wildman–Crippen MR) is 47.9 cm³/mol. The Kier molecular flexibility index (Phi) is 1.58. The third-order valence-electron chi connectivity index (χ3n) is 1.66. The minimum absolute atomic E-state index is 0.727. The van der Waals surface area contributed by atoms with Crippen LogP contribution in [0, 0.1) is 0 Å². The second-order valence-electron chi connectivity index (χ2n) is 2.34. The highest BCUT2D eigenvalue weighted by Gasteiger charge is 1.97. The van der Waals surface area contributed by atoms with Crippen LogP contribution in [0.4, 0.5) is 0 Å². The molecule has 56 valence electrons. The molecule has 0 radical (unpaired) electrons. The van der Waals surface area contributed by atoms with Gasteiger partial charge in [-0.05, 0) is 12.1 Å². The fourth-order valence-corrected chi connectivity index (χ4v) is 1.34. The van der Waals surface area contributed by atoms with Gasteiger partial charge in [0.2, 0.25) is 0 Å². The van der Waals surface area contributed by atoms with Crippen LogP contribution in [-0.4, -0.2) is 9.38 Å². The van der Waals surface area contributed by atoms with Gasteiger partial charge < -0.3 is 4.40 Å². The van der Waals surface area contributed by atoms with Crippen LogP contribution in [0.5, 0.6) is 0 Å². The average molecular weight is 164 g/mol. The lowest BCUT2D eigenvalue weighted by Crippen LogP contribution is -1.86. The average Bonchev–Trinajstić information content (AvgIpc) is 2.47. The van der Waals surface area contributed by atoms with E-state index in [1.807, 2.05) is 35.0 Å². The highest BCUT2D eigenvalue weighted by molar-refractivity contribution is 7.79. The van der Waals surface area contributed by atoms with E-state index in [2.05, 4.69) is 17.6 Å². The zero-order valence-electron chi connectivity index (χ0n) is 5.94. The summed E-state index contributed by atoms with van der Waals surface area (Å²) < 4.78 is 2.03. The molecule has 2 heterocycles. The minimum atomic E-state index is 0.727. The second-order valence-corrected chi connectivity index (χ2v) is 2.65. The molecule has 3 heteroatoms. The summed E-state index contributed by atoms with van der Waals surface area (Å²) in [7, 11) is 0. The third kappa shape index (κ3) is 1.01. The first-order valence-electron chi connectivity index (χ1n) is 3.43. The standard InChI is InChI=1S/C8H8N2S/c11-6-7-5-9-8-3-1-2-4-10(7)8/h1-5,11H,6H2. The van der Waals surface area contributed by atoms with E-state index < -0.39 is 0 Å². The Morgan fingerprint density at radius 2 is 2.36 bits per heavy atom. The van der Waals surface area contributed by atoms with Crippen molar-refractivity contribution < 1.29 is 0 Å². The molecule has 0 N–H and O–H groups in total. The summed E-state index contributed by atoms with van der Waals surface area (Å²) >= 11 is 4.19. The normalized spacial score (nSPS) is 10.6. The molecule has 0 saturated heterocycles. The number of pyridine rings is 1. The van der Waals surface area contributed by atoms with Gasteiger partial charge in [-0.1, -0.05) is 6.07 Å². The predicted octanol–water partition coefficient (Wildman–Crippen LogP) is 1.76. The molecule has 0 aliphatic heterocycles. The molecule has 2 aromatic rings. The van der Waals surface area contributed by atoms with E-state index >= 15 is 0 Å². The molecule has 2 rings (SSSR count). The summed E-state index contributed by atoms with van der Waals surface area (Å²) in [5.74, 6) is 0.727. The number of fused-ring (bicyclic) bond motifs is 1. The van der Waals surface area contributed by atoms with E-state index in [4.69, 9.17) is 0 Å². The van der Waals surface area contributed by atoms with Gasteiger partial charge in [0.05, 0.1) is 11.9 Å². The summed E-state index contributed by atoms with van der Waals surface area (Å²) in [6, 6.07) is 5.94. The van der Waals surface area contributed by atoms with Crippen molar-refractivity contribution in [2.75, 3.05) is 0 Å². The van der Waals surface area contributed by atoms with Crippen molar-refractivity contribution in [3.63, 3.8) is 0 Å². The molecular formula is C8H8N2S. The maximum absolute atomic E-state index is 4.20. The first-order chi connectivity index (χ1) is 5.42. The largest absolute Gasteiger partial charge is 0.303 e. The summed E-state index contributed by atoms with van der Waals surface area (Å²) in [4.78, 5) is 4.20. The van der Waals surface area contributed by atoms with E-state index in [9.17, 15) is 0 Å². The molecule has 0 aliphatic carbocycles. The van der Waals surface area contributed by atoms with Gasteiger partial charge in [0.1, 0.15) is 5.65 Å². The Hall–Kier alpha value is -0.960. The van der Waals surface area contributed by atoms with Gasteiger partial charge >= 0.3 is 0 Å². The Morgan fingerprint density at radius 1 is 1.45 bits per heavy atom. The lowest BCUT2D eigenvalue weighted by molar-refractivity contribution is 1.10. The number of aromatic nitrogens is 2. The molecule has 0 fully saturated rings. The van der Waals surface area contributed by atoms with E-state index in [0.717, 1.165) is 17.1 Å². The number of hydrogen-bond acceptors (Lipinski definition) is 2. The van der Waals surface area contributed by atoms with Crippen molar-refractivity contribution in [1.29, 1.82) is 0 Å². The van der Waals surface area contributed by atoms with Gasteiger partial charge in [-0.2, -0.15) is 12.6 Å². The van der Waals surface area contributed by atoms with Crippen LogP contribution in [-0.2, 0) is 5.75 Å². The monoisotopic (exact) mass is 164 g/mol. The van der Waals surface area contributed by atoms with Crippen molar-refractivity contribution in [2.24, 2.45) is 0 Å². The van der Waals surface area contributed by atoms with E-state index in [1.165, 1.54) is 0 Å². The minimum Gasteiger partial charge on any atom is -0.303 e. The van der Waals surface area contributed by atoms with Crippen LogP contribution >= 0.6 is 12.6 Å². The molecule has 11 heavy (non-hydrogen) atoms. The highest BCUT2D eigenvalue weighted by Crippen LogP contribution is 2.07. The molecule has 0 aliphatic rings. The molecule has 0 atom stereocenters. The number of thiol groups is 1. The van der Waals surface area contributed by atoms with Crippen LogP contribution in [0.15, 0.2) is 30.6 Å². The summed E-state index contributed by atoms with van der Waals surface area (Å²) in [5.41, 5.74) is 2.11. The van der Waals surface area contributed by atoms with E-state index in [0.29, 0.717) is 0 Å². The fraction of sp³-hybridized carbons (Fsp3) is 0.125. The molecule has 0 spiro atoms. The topological polar surface area (TPSA) is 17.3 Å². The summed E-state index contributed by atoms with van der Waals surface area (Å²) in [6.07, 6.45) is 3.84. The van der Waals surface area contributed by atoms with Gasteiger partial charge in [-0.15, -0.1) is 0 Å². The van der Waals surface area contributed by atoms with Gasteiger partial charge in [-0.25, -0.2) is 4.98 Å². The highest BCUT2D eigenvalue weighted by atomic mass is 32.1. The number of nitrogens with zero attached hydrogens (tertiary/aromatic N) is 2. The van der Waals surface area contributed by atoms with Crippen molar-refractivity contribution in [3.05, 3.63) is 36.3 Å². The van der Waals surface area contributed by atoms with Crippen LogP contribution in [0.1, 0.15) is 5.69 Å². The Labute approximate surface area is 70.3 Å². The Balaban J connectivity index is 2.76. The zero-order valence-corrected chi connectivity index (χ0v) is 6.83. The molecule has 0 amide bonds. The van der Waals surface area contributed by atoms with Crippen LogP contribution in [0.2, 0.25) is 0 Å². The maximum atomic E-state index is 4.20. The van der Waals surface area contributed by atoms with Crippen molar-refractivity contribution in [2.45, 2.75) is 5.75 Å². The number of rotatable bonds is 1. The first kappa shape index (κ1) is 6.73. The molecule has 0 unspecified atom stereocenters. The lowest BCUT2D eigenvalue weighted by atomic mass is 10.4. The van der Waals surface area contributed by atoms with Crippen molar-refractivity contribution in [1.82, 2.24) is 9.38 Å². The van der Waals surface area contributed by atoms with Gasteiger partial charge in [0.15, 0.2) is 0 Å². The van der Waals surface area contributed by atoms with E-state index in [-0.39, 0.29) is 0 Å². The molecule has 2 nitrogen and oxygen atoms in total. The molecule has 0 saturated carbocycles. The maximum Gasteiger partial charge on any atom is 0.136 e. The Bertz CT molecular complexity index is 367. The van der Waals surface area contributed by atoms with Crippen LogP contribution in [0.3, 0.4) is 0 Å². The van der Waals surface area contributed by atoms with E-state index in [1.54, 1.807) is 0 Å². The lowest BCUT2D eigenvalue weighted by Gasteiger charge is -1.94. The number of hydrogen-bond donors (Lipinski definition) is 1. The Morgan fingerprint density at radius 3 is 3.18 bits per heavy atom. The third-order valence-corrected chi connectivity index (χ3v) is 1.98. The summed E-state index contributed by atoms with van der Waals surface area (Å²) in [6.45, 7) is 0. The summed E-state index contributed by atoms with van der Waals surface area (Å²) in [5, 5.41) is 0. The second kappa shape index (κ2) is 2.58.